The second kappa shape index (κ2) is 8.22. The van der Waals surface area contributed by atoms with Crippen LogP contribution in [0.5, 0.6) is 0 Å². The number of esters is 1. The molecule has 1 aliphatic heterocycles. The third-order valence-corrected chi connectivity index (χ3v) is 4.96. The Hall–Kier alpha value is -2.86. The highest BCUT2D eigenvalue weighted by molar-refractivity contribution is 6.08. The van der Waals surface area contributed by atoms with E-state index >= 15 is 0 Å². The first-order chi connectivity index (χ1) is 13.1. The lowest BCUT2D eigenvalue weighted by atomic mass is 9.91. The summed E-state index contributed by atoms with van der Waals surface area (Å²) in [4.78, 5) is 28.8. The molecule has 6 nitrogen and oxygen atoms in total. The minimum Gasteiger partial charge on any atom is -0.469 e. The number of anilines is 2. The van der Waals surface area contributed by atoms with Crippen LogP contribution in [0.2, 0.25) is 0 Å². The molecule has 1 saturated heterocycles. The summed E-state index contributed by atoms with van der Waals surface area (Å²) in [6.45, 7) is 1.05. The maximum Gasteiger partial charge on any atom is 0.329 e. The van der Waals surface area contributed by atoms with E-state index < -0.39 is 5.54 Å². The molecule has 0 aliphatic carbocycles. The molecule has 2 amide bonds. The molecule has 6 heteroatoms. The molecule has 0 bridgehead atoms. The first-order valence-electron chi connectivity index (χ1n) is 9.04. The lowest BCUT2D eigenvalue weighted by Gasteiger charge is -2.36. The second-order valence-corrected chi connectivity index (χ2v) is 6.71. The molecular formula is C21H25N3O3. The second-order valence-electron chi connectivity index (χ2n) is 6.71. The average molecular weight is 367 g/mol. The van der Waals surface area contributed by atoms with Gasteiger partial charge in [-0.1, -0.05) is 36.4 Å². The zero-order valence-electron chi connectivity index (χ0n) is 15.7. The lowest BCUT2D eigenvalue weighted by molar-refractivity contribution is -0.141. The minimum atomic E-state index is -0.558. The van der Waals surface area contributed by atoms with Gasteiger partial charge in [0.2, 0.25) is 0 Å². The number of hydrogen-bond acceptors (Lipinski definition) is 4. The summed E-state index contributed by atoms with van der Waals surface area (Å²) in [5, 5.41) is 3.21. The molecule has 3 rings (SSSR count). The van der Waals surface area contributed by atoms with Gasteiger partial charge in [-0.05, 0) is 37.7 Å². The molecule has 1 fully saturated rings. The molecule has 1 heterocycles. The van der Waals surface area contributed by atoms with Gasteiger partial charge in [0.1, 0.15) is 0 Å². The molecule has 142 valence electrons. The maximum absolute atomic E-state index is 13.4. The Kier molecular flexibility index (Phi) is 5.76. The average Bonchev–Trinajstić information content (AvgIpc) is 3.00. The highest BCUT2D eigenvalue weighted by Gasteiger charge is 2.50. The topological polar surface area (TPSA) is 61.9 Å². The lowest BCUT2D eigenvalue weighted by Crippen LogP contribution is -2.54. The molecule has 0 aromatic heterocycles. The number of para-hydroxylation sites is 2. The van der Waals surface area contributed by atoms with Crippen molar-refractivity contribution in [2.75, 3.05) is 37.0 Å². The van der Waals surface area contributed by atoms with Gasteiger partial charge in [0.25, 0.3) is 0 Å². The van der Waals surface area contributed by atoms with E-state index in [1.54, 1.807) is 4.90 Å². The number of ether oxygens (including phenoxy) is 1. The van der Waals surface area contributed by atoms with Crippen LogP contribution in [0.3, 0.4) is 0 Å². The van der Waals surface area contributed by atoms with Gasteiger partial charge in [0.15, 0.2) is 0 Å². The Balaban J connectivity index is 2.03. The van der Waals surface area contributed by atoms with E-state index in [4.69, 9.17) is 4.74 Å². The van der Waals surface area contributed by atoms with E-state index in [9.17, 15) is 9.59 Å². The summed E-state index contributed by atoms with van der Waals surface area (Å²) >= 11 is 0. The summed E-state index contributed by atoms with van der Waals surface area (Å²) in [5.74, 6) is -0.274. The van der Waals surface area contributed by atoms with Crippen LogP contribution in [0.4, 0.5) is 16.2 Å². The molecule has 0 spiro atoms. The van der Waals surface area contributed by atoms with E-state index in [2.05, 4.69) is 5.32 Å². The van der Waals surface area contributed by atoms with E-state index in [-0.39, 0.29) is 18.4 Å². The number of hydrogen-bond donors (Lipinski definition) is 1. The standard InChI is InChI=1S/C21H25N3O3/c1-22-15-21(14-13-19(25)27-2)16-23(17-9-5-3-6-10-17)20(26)24(21)18-11-7-4-8-12-18/h3-12,22H,13-16H2,1-2H3. The van der Waals surface area contributed by atoms with Crippen LogP contribution < -0.4 is 15.1 Å². The van der Waals surface area contributed by atoms with Gasteiger partial charge in [-0.15, -0.1) is 0 Å². The van der Waals surface area contributed by atoms with Crippen LogP contribution in [-0.4, -0.2) is 44.8 Å². The fourth-order valence-electron chi connectivity index (χ4n) is 3.71. The molecule has 0 saturated carbocycles. The number of nitrogens with zero attached hydrogens (tertiary/aromatic N) is 2. The summed E-state index contributed by atoms with van der Waals surface area (Å²) in [7, 11) is 3.25. The number of benzene rings is 2. The minimum absolute atomic E-state index is 0.0903. The largest absolute Gasteiger partial charge is 0.469 e. The fraction of sp³-hybridized carbons (Fsp3) is 0.333. The number of likely N-dealkylation sites (N-methyl/N-ethyl adjacent to an activating group) is 1. The van der Waals surface area contributed by atoms with Gasteiger partial charge in [0.05, 0.1) is 19.2 Å². The Morgan fingerprint density at radius 1 is 1.07 bits per heavy atom. The first-order valence-corrected chi connectivity index (χ1v) is 9.04. The number of carbonyl (C=O) groups is 2. The van der Waals surface area contributed by atoms with Crippen LogP contribution >= 0.6 is 0 Å². The van der Waals surface area contributed by atoms with Crippen LogP contribution in [0.15, 0.2) is 60.7 Å². The quantitative estimate of drug-likeness (QED) is 0.764. The normalized spacial score (nSPS) is 19.4. The number of nitrogens with one attached hydrogen (secondary N) is 1. The highest BCUT2D eigenvalue weighted by atomic mass is 16.5. The number of carbonyl (C=O) groups excluding carboxylic acids is 2. The van der Waals surface area contributed by atoms with E-state index in [1.165, 1.54) is 7.11 Å². The third-order valence-electron chi connectivity index (χ3n) is 4.96. The Morgan fingerprint density at radius 3 is 2.22 bits per heavy atom. The molecule has 27 heavy (non-hydrogen) atoms. The molecule has 2 aromatic rings. The molecule has 1 unspecified atom stereocenters. The van der Waals surface area contributed by atoms with Crippen molar-refractivity contribution < 1.29 is 14.3 Å². The van der Waals surface area contributed by atoms with Gasteiger partial charge in [-0.2, -0.15) is 0 Å². The van der Waals surface area contributed by atoms with Gasteiger partial charge >= 0.3 is 12.0 Å². The van der Waals surface area contributed by atoms with Gasteiger partial charge < -0.3 is 10.1 Å². The van der Waals surface area contributed by atoms with Crippen molar-refractivity contribution in [1.82, 2.24) is 5.32 Å². The van der Waals surface area contributed by atoms with Crippen molar-refractivity contribution in [3.63, 3.8) is 0 Å². The Bertz CT molecular complexity index is 782. The Morgan fingerprint density at radius 2 is 1.67 bits per heavy atom. The number of rotatable bonds is 7. The maximum atomic E-state index is 13.4. The van der Waals surface area contributed by atoms with Crippen molar-refractivity contribution >= 4 is 23.4 Å². The zero-order valence-corrected chi connectivity index (χ0v) is 15.7. The van der Waals surface area contributed by atoms with Crippen LogP contribution in [0.25, 0.3) is 0 Å². The van der Waals surface area contributed by atoms with E-state index in [1.807, 2.05) is 72.6 Å². The van der Waals surface area contributed by atoms with Gasteiger partial charge in [-0.3, -0.25) is 14.6 Å². The number of methoxy groups -OCH3 is 1. The molecule has 1 aliphatic rings. The summed E-state index contributed by atoms with van der Waals surface area (Å²) in [5.41, 5.74) is 1.11. The summed E-state index contributed by atoms with van der Waals surface area (Å²) in [6, 6.07) is 19.1. The third kappa shape index (κ3) is 3.80. The van der Waals surface area contributed by atoms with Crippen LogP contribution in [0, 0.1) is 0 Å². The van der Waals surface area contributed by atoms with Crippen LogP contribution in [-0.2, 0) is 9.53 Å². The van der Waals surface area contributed by atoms with E-state index in [0.717, 1.165) is 11.4 Å². The fourth-order valence-corrected chi connectivity index (χ4v) is 3.71. The number of urea groups is 1. The predicted octanol–water partition coefficient (Wildman–Crippen LogP) is 3.04. The van der Waals surface area contributed by atoms with Crippen molar-refractivity contribution in [2.24, 2.45) is 0 Å². The first kappa shape index (κ1) is 18.9. The predicted molar refractivity (Wildman–Crippen MR) is 106 cm³/mol. The summed E-state index contributed by atoms with van der Waals surface area (Å²) < 4.78 is 4.84. The SMILES string of the molecule is CNCC1(CCC(=O)OC)CN(c2ccccc2)C(=O)N1c1ccccc1. The molecule has 2 aromatic carbocycles. The zero-order chi connectivity index (χ0) is 19.3. The van der Waals surface area contributed by atoms with Crippen molar-refractivity contribution in [1.29, 1.82) is 0 Å². The molecule has 1 atom stereocenters. The van der Waals surface area contributed by atoms with Crippen LogP contribution in [0.1, 0.15) is 12.8 Å². The highest BCUT2D eigenvalue weighted by Crippen LogP contribution is 2.37. The van der Waals surface area contributed by atoms with Gasteiger partial charge in [0, 0.05) is 24.3 Å². The van der Waals surface area contributed by atoms with Gasteiger partial charge in [-0.25, -0.2) is 4.79 Å². The Labute approximate surface area is 159 Å². The smallest absolute Gasteiger partial charge is 0.329 e. The van der Waals surface area contributed by atoms with Crippen molar-refractivity contribution in [2.45, 2.75) is 18.4 Å². The van der Waals surface area contributed by atoms with E-state index in [0.29, 0.717) is 19.5 Å². The van der Waals surface area contributed by atoms with Crippen molar-refractivity contribution in [3.05, 3.63) is 60.7 Å². The number of amides is 2. The summed E-state index contributed by atoms with van der Waals surface area (Å²) in [6.07, 6.45) is 0.752. The van der Waals surface area contributed by atoms with Crippen molar-refractivity contribution in [3.8, 4) is 0 Å². The molecular weight excluding hydrogens is 342 g/mol. The molecule has 1 N–H and O–H groups in total. The molecule has 0 radical (unpaired) electrons. The monoisotopic (exact) mass is 367 g/mol.